The summed E-state index contributed by atoms with van der Waals surface area (Å²) in [6, 6.07) is 5.55. The highest BCUT2D eigenvalue weighted by atomic mass is 16.5. The Balaban J connectivity index is 3.02. The Labute approximate surface area is 97.0 Å². The van der Waals surface area contributed by atoms with E-state index in [-0.39, 0.29) is 0 Å². The number of para-hydroxylation sites is 1. The molecule has 3 heteroatoms. The first-order chi connectivity index (χ1) is 7.60. The maximum absolute atomic E-state index is 10.1. The van der Waals surface area contributed by atoms with Crippen LogP contribution < -0.4 is 9.47 Å². The van der Waals surface area contributed by atoms with Crippen molar-refractivity contribution in [2.24, 2.45) is 5.92 Å². The molecule has 3 nitrogen and oxygen atoms in total. The SMILES string of the molecule is COc1cccc(C(O)CC(C)C)c1OC. The molecular formula is C13H20O3. The van der Waals surface area contributed by atoms with Gasteiger partial charge >= 0.3 is 0 Å². The minimum Gasteiger partial charge on any atom is -0.493 e. The van der Waals surface area contributed by atoms with Gasteiger partial charge in [-0.15, -0.1) is 0 Å². The molecule has 0 fully saturated rings. The molecule has 0 radical (unpaired) electrons. The summed E-state index contributed by atoms with van der Waals surface area (Å²) >= 11 is 0. The highest BCUT2D eigenvalue weighted by Crippen LogP contribution is 2.36. The monoisotopic (exact) mass is 224 g/mol. The molecular weight excluding hydrogens is 204 g/mol. The van der Waals surface area contributed by atoms with E-state index < -0.39 is 6.10 Å². The van der Waals surface area contributed by atoms with Gasteiger partial charge in [0.2, 0.25) is 0 Å². The molecule has 1 unspecified atom stereocenters. The Kier molecular flexibility index (Phi) is 4.62. The lowest BCUT2D eigenvalue weighted by atomic mass is 9.98. The fourth-order valence-electron chi connectivity index (χ4n) is 1.75. The van der Waals surface area contributed by atoms with Gasteiger partial charge in [0.25, 0.3) is 0 Å². The largest absolute Gasteiger partial charge is 0.493 e. The fourth-order valence-corrected chi connectivity index (χ4v) is 1.75. The van der Waals surface area contributed by atoms with Crippen molar-refractivity contribution in [2.45, 2.75) is 26.4 Å². The topological polar surface area (TPSA) is 38.7 Å². The van der Waals surface area contributed by atoms with E-state index in [1.54, 1.807) is 14.2 Å². The molecule has 0 aliphatic rings. The molecule has 0 aliphatic carbocycles. The first-order valence-electron chi connectivity index (χ1n) is 5.49. The molecule has 0 spiro atoms. The van der Waals surface area contributed by atoms with Crippen LogP contribution in [-0.2, 0) is 0 Å². The summed E-state index contributed by atoms with van der Waals surface area (Å²) in [5, 5.41) is 10.1. The smallest absolute Gasteiger partial charge is 0.166 e. The van der Waals surface area contributed by atoms with Crippen LogP contribution in [0.3, 0.4) is 0 Å². The maximum atomic E-state index is 10.1. The lowest BCUT2D eigenvalue weighted by Crippen LogP contribution is -2.05. The lowest BCUT2D eigenvalue weighted by Gasteiger charge is -2.18. The molecule has 16 heavy (non-hydrogen) atoms. The number of rotatable bonds is 5. The summed E-state index contributed by atoms with van der Waals surface area (Å²) in [4.78, 5) is 0. The molecule has 0 heterocycles. The highest BCUT2D eigenvalue weighted by Gasteiger charge is 2.17. The van der Waals surface area contributed by atoms with E-state index in [1.165, 1.54) is 0 Å². The second-order valence-electron chi connectivity index (χ2n) is 4.23. The third kappa shape index (κ3) is 2.89. The van der Waals surface area contributed by atoms with Gasteiger partial charge in [-0.25, -0.2) is 0 Å². The Morgan fingerprint density at radius 2 is 1.88 bits per heavy atom. The van der Waals surface area contributed by atoms with E-state index in [0.717, 1.165) is 5.56 Å². The summed E-state index contributed by atoms with van der Waals surface area (Å²) in [7, 11) is 3.18. The molecule has 0 saturated heterocycles. The molecule has 1 atom stereocenters. The van der Waals surface area contributed by atoms with Crippen LogP contribution >= 0.6 is 0 Å². The summed E-state index contributed by atoms with van der Waals surface area (Å²) in [5.74, 6) is 1.71. The minimum atomic E-state index is -0.509. The van der Waals surface area contributed by atoms with Gasteiger partial charge in [-0.2, -0.15) is 0 Å². The number of hydrogen-bond acceptors (Lipinski definition) is 3. The second kappa shape index (κ2) is 5.75. The number of aliphatic hydroxyl groups is 1. The van der Waals surface area contributed by atoms with Gasteiger partial charge in [-0.3, -0.25) is 0 Å². The summed E-state index contributed by atoms with van der Waals surface area (Å²) < 4.78 is 10.5. The van der Waals surface area contributed by atoms with E-state index >= 15 is 0 Å². The molecule has 1 aromatic rings. The Bertz CT molecular complexity index is 334. The Morgan fingerprint density at radius 1 is 1.19 bits per heavy atom. The predicted molar refractivity (Wildman–Crippen MR) is 64.0 cm³/mol. The van der Waals surface area contributed by atoms with Gasteiger partial charge in [0.1, 0.15) is 0 Å². The second-order valence-corrected chi connectivity index (χ2v) is 4.23. The van der Waals surface area contributed by atoms with Crippen molar-refractivity contribution >= 4 is 0 Å². The molecule has 90 valence electrons. The van der Waals surface area contributed by atoms with E-state index in [0.29, 0.717) is 23.8 Å². The van der Waals surface area contributed by atoms with Crippen LogP contribution in [0, 0.1) is 5.92 Å². The number of benzene rings is 1. The average molecular weight is 224 g/mol. The van der Waals surface area contributed by atoms with Gasteiger partial charge in [0.15, 0.2) is 11.5 Å². The number of methoxy groups -OCH3 is 2. The average Bonchev–Trinajstić information content (AvgIpc) is 2.26. The van der Waals surface area contributed by atoms with Gasteiger partial charge in [0, 0.05) is 5.56 Å². The van der Waals surface area contributed by atoms with Crippen LogP contribution in [0.4, 0.5) is 0 Å². The molecule has 0 saturated carbocycles. The van der Waals surface area contributed by atoms with Crippen LogP contribution in [0.1, 0.15) is 31.9 Å². The summed E-state index contributed by atoms with van der Waals surface area (Å²) in [6.07, 6.45) is 0.203. The van der Waals surface area contributed by atoms with Crippen LogP contribution in [0.2, 0.25) is 0 Å². The maximum Gasteiger partial charge on any atom is 0.166 e. The normalized spacial score (nSPS) is 12.6. The van der Waals surface area contributed by atoms with Gasteiger partial charge in [-0.1, -0.05) is 26.0 Å². The van der Waals surface area contributed by atoms with Gasteiger partial charge < -0.3 is 14.6 Å². The van der Waals surface area contributed by atoms with E-state index in [2.05, 4.69) is 13.8 Å². The molecule has 0 aromatic heterocycles. The third-order valence-electron chi connectivity index (χ3n) is 2.49. The van der Waals surface area contributed by atoms with E-state index in [4.69, 9.17) is 9.47 Å². The molecule has 0 amide bonds. The van der Waals surface area contributed by atoms with Crippen molar-refractivity contribution < 1.29 is 14.6 Å². The zero-order valence-corrected chi connectivity index (χ0v) is 10.4. The van der Waals surface area contributed by atoms with E-state index in [1.807, 2.05) is 18.2 Å². The Morgan fingerprint density at radius 3 is 2.38 bits per heavy atom. The molecule has 1 rings (SSSR count). The minimum absolute atomic E-state index is 0.436. The zero-order valence-electron chi connectivity index (χ0n) is 10.4. The standard InChI is InChI=1S/C13H20O3/c1-9(2)8-11(14)10-6-5-7-12(15-3)13(10)16-4/h5-7,9,11,14H,8H2,1-4H3. The van der Waals surface area contributed by atoms with Crippen molar-refractivity contribution in [1.82, 2.24) is 0 Å². The van der Waals surface area contributed by atoms with Crippen molar-refractivity contribution in [3.8, 4) is 11.5 Å². The third-order valence-corrected chi connectivity index (χ3v) is 2.49. The van der Waals surface area contributed by atoms with E-state index in [9.17, 15) is 5.11 Å². The molecule has 0 aliphatic heterocycles. The van der Waals surface area contributed by atoms with Crippen LogP contribution in [-0.4, -0.2) is 19.3 Å². The molecule has 0 bridgehead atoms. The summed E-state index contributed by atoms with van der Waals surface area (Å²) in [6.45, 7) is 4.16. The van der Waals surface area contributed by atoms with Crippen molar-refractivity contribution in [2.75, 3.05) is 14.2 Å². The summed E-state index contributed by atoms with van der Waals surface area (Å²) in [5.41, 5.74) is 0.788. The van der Waals surface area contributed by atoms with Crippen LogP contribution in [0.5, 0.6) is 11.5 Å². The van der Waals surface area contributed by atoms with Gasteiger partial charge in [-0.05, 0) is 18.4 Å². The first-order valence-corrected chi connectivity index (χ1v) is 5.49. The lowest BCUT2D eigenvalue weighted by molar-refractivity contribution is 0.146. The number of ether oxygens (including phenoxy) is 2. The van der Waals surface area contributed by atoms with Crippen molar-refractivity contribution in [1.29, 1.82) is 0 Å². The molecule has 1 aromatic carbocycles. The quantitative estimate of drug-likeness (QED) is 0.835. The number of aliphatic hydroxyl groups excluding tert-OH is 1. The van der Waals surface area contributed by atoms with Crippen molar-refractivity contribution in [3.63, 3.8) is 0 Å². The zero-order chi connectivity index (χ0) is 12.1. The number of hydrogen-bond donors (Lipinski definition) is 1. The molecule has 1 N–H and O–H groups in total. The van der Waals surface area contributed by atoms with Crippen LogP contribution in [0.15, 0.2) is 18.2 Å². The van der Waals surface area contributed by atoms with Gasteiger partial charge in [0.05, 0.1) is 20.3 Å². The highest BCUT2D eigenvalue weighted by molar-refractivity contribution is 5.47. The van der Waals surface area contributed by atoms with Crippen LogP contribution in [0.25, 0.3) is 0 Å². The fraction of sp³-hybridized carbons (Fsp3) is 0.538. The van der Waals surface area contributed by atoms with Crippen molar-refractivity contribution in [3.05, 3.63) is 23.8 Å². The first kappa shape index (κ1) is 12.8. The predicted octanol–water partition coefficient (Wildman–Crippen LogP) is 2.78. The Hall–Kier alpha value is -1.22.